The maximum absolute atomic E-state index is 10.8. The molecule has 0 saturated heterocycles. The molecule has 1 rings (SSSR count). The molecule has 0 aliphatic carbocycles. The normalized spacial score (nSPS) is 15.9. The lowest BCUT2D eigenvalue weighted by molar-refractivity contribution is -0.137. The Balaban J connectivity index is 2.59. The highest BCUT2D eigenvalue weighted by molar-refractivity contribution is 6.16. The molecule has 0 aromatic rings. The van der Waals surface area contributed by atoms with Crippen LogP contribution in [0.3, 0.4) is 0 Å². The van der Waals surface area contributed by atoms with Crippen LogP contribution in [0.2, 0.25) is 0 Å². The number of imide groups is 1. The maximum atomic E-state index is 10.8. The van der Waals surface area contributed by atoms with Crippen molar-refractivity contribution in [1.82, 2.24) is 4.90 Å². The second-order valence-electron chi connectivity index (χ2n) is 2.18. The predicted molar refractivity (Wildman–Crippen MR) is 39.4 cm³/mol. The van der Waals surface area contributed by atoms with Crippen molar-refractivity contribution in [2.24, 2.45) is 5.73 Å². The van der Waals surface area contributed by atoms with Crippen LogP contribution in [0.15, 0.2) is 12.2 Å². The fourth-order valence-corrected chi connectivity index (χ4v) is 0.736. The molecule has 1 aliphatic heterocycles. The molecule has 0 atom stereocenters. The molecule has 0 unspecified atom stereocenters. The highest BCUT2D eigenvalue weighted by Gasteiger charge is 2.25. The largest absolute Gasteiger partial charge is 0.324 e. The van der Waals surface area contributed by atoms with E-state index >= 15 is 0 Å². The number of nitrogens with zero attached hydrogens (tertiary/aromatic N) is 1. The van der Waals surface area contributed by atoms with Gasteiger partial charge < -0.3 is 5.73 Å². The Labute approximate surface area is 68.8 Å². The van der Waals surface area contributed by atoms with Crippen LogP contribution < -0.4 is 5.73 Å². The average molecular weight is 167 g/mol. The van der Waals surface area contributed by atoms with E-state index in [1.54, 1.807) is 0 Å². The molecule has 1 heterocycles. The topological polar surface area (TPSA) is 80.5 Å². The summed E-state index contributed by atoms with van der Waals surface area (Å²) < 4.78 is 0. The average Bonchev–Trinajstić information content (AvgIpc) is 2.35. The van der Waals surface area contributed by atoms with Crippen LogP contribution in [0.4, 0.5) is 0 Å². The van der Waals surface area contributed by atoms with Crippen molar-refractivity contribution in [3.05, 3.63) is 18.7 Å². The molecule has 0 aromatic carbocycles. The van der Waals surface area contributed by atoms with E-state index in [1.165, 1.54) is 0 Å². The molecule has 2 amide bonds. The van der Waals surface area contributed by atoms with E-state index in [2.05, 4.69) is 0 Å². The molecule has 0 spiro atoms. The third kappa shape index (κ3) is 1.57. The van der Waals surface area contributed by atoms with Crippen LogP contribution in [0, 0.1) is 6.54 Å². The van der Waals surface area contributed by atoms with Gasteiger partial charge in [-0.25, -0.2) is 0 Å². The van der Waals surface area contributed by atoms with Crippen LogP contribution >= 0.6 is 0 Å². The number of hydrogen-bond donors (Lipinski definition) is 1. The van der Waals surface area contributed by atoms with E-state index < -0.39 is 17.6 Å². The van der Waals surface area contributed by atoms with Gasteiger partial charge in [0.15, 0.2) is 5.78 Å². The SMILES string of the molecule is NCC(=O)[CH]N1C(=O)C=CC1=O. The first-order valence-electron chi connectivity index (χ1n) is 3.28. The summed E-state index contributed by atoms with van der Waals surface area (Å²) in [7, 11) is 0. The second kappa shape index (κ2) is 3.27. The standard InChI is InChI=1S/C7H7N2O3/c8-3-5(10)4-9-6(11)1-2-7(9)12/h1-2,4H,3,8H2. The lowest BCUT2D eigenvalue weighted by Crippen LogP contribution is -2.32. The molecular weight excluding hydrogens is 160 g/mol. The molecule has 5 heteroatoms. The van der Waals surface area contributed by atoms with Gasteiger partial charge in [-0.15, -0.1) is 0 Å². The van der Waals surface area contributed by atoms with E-state index in [9.17, 15) is 14.4 Å². The van der Waals surface area contributed by atoms with Gasteiger partial charge in [0, 0.05) is 12.2 Å². The number of carbonyl (C=O) groups excluding carboxylic acids is 3. The van der Waals surface area contributed by atoms with Crippen LogP contribution in [0.25, 0.3) is 0 Å². The summed E-state index contributed by atoms with van der Waals surface area (Å²) in [6, 6.07) is 0. The summed E-state index contributed by atoms with van der Waals surface area (Å²) in [5.41, 5.74) is 4.99. The summed E-state index contributed by atoms with van der Waals surface area (Å²) in [5, 5.41) is 0. The molecule has 1 aliphatic rings. The lowest BCUT2D eigenvalue weighted by Gasteiger charge is -2.09. The summed E-state index contributed by atoms with van der Waals surface area (Å²) in [6.45, 7) is 0.696. The van der Waals surface area contributed by atoms with Crippen molar-refractivity contribution in [3.8, 4) is 0 Å². The highest BCUT2D eigenvalue weighted by atomic mass is 16.2. The van der Waals surface area contributed by atoms with E-state index in [1.807, 2.05) is 0 Å². The van der Waals surface area contributed by atoms with Crippen molar-refractivity contribution in [2.75, 3.05) is 6.54 Å². The molecule has 1 radical (unpaired) electrons. The summed E-state index contributed by atoms with van der Waals surface area (Å²) in [4.78, 5) is 33.1. The molecular formula is C7H7N2O3. The second-order valence-corrected chi connectivity index (χ2v) is 2.18. The molecule has 5 nitrogen and oxygen atoms in total. The van der Waals surface area contributed by atoms with Crippen molar-refractivity contribution in [2.45, 2.75) is 0 Å². The summed E-state index contributed by atoms with van der Waals surface area (Å²) >= 11 is 0. The number of carbonyl (C=O) groups is 3. The van der Waals surface area contributed by atoms with Gasteiger partial charge in [0.2, 0.25) is 0 Å². The van der Waals surface area contributed by atoms with Gasteiger partial charge in [0.1, 0.15) is 6.54 Å². The smallest absolute Gasteiger partial charge is 0.254 e. The zero-order chi connectivity index (χ0) is 9.14. The van der Waals surface area contributed by atoms with Gasteiger partial charge in [-0.05, 0) is 0 Å². The summed E-state index contributed by atoms with van der Waals surface area (Å²) in [5.74, 6) is -1.48. The molecule has 63 valence electrons. The molecule has 0 aromatic heterocycles. The van der Waals surface area contributed by atoms with Gasteiger partial charge in [-0.1, -0.05) is 0 Å². The van der Waals surface area contributed by atoms with Gasteiger partial charge in [0.05, 0.1) is 6.54 Å². The van der Waals surface area contributed by atoms with Crippen molar-refractivity contribution in [1.29, 1.82) is 0 Å². The Kier molecular flexibility index (Phi) is 2.35. The Bertz CT molecular complexity index is 252. The lowest BCUT2D eigenvalue weighted by atomic mass is 10.3. The van der Waals surface area contributed by atoms with E-state index in [0.29, 0.717) is 0 Å². The van der Waals surface area contributed by atoms with Crippen molar-refractivity contribution >= 4 is 17.6 Å². The van der Waals surface area contributed by atoms with E-state index in [4.69, 9.17) is 5.73 Å². The van der Waals surface area contributed by atoms with E-state index in [-0.39, 0.29) is 6.54 Å². The minimum atomic E-state index is -0.512. The number of hydrogen-bond acceptors (Lipinski definition) is 4. The van der Waals surface area contributed by atoms with Gasteiger partial charge >= 0.3 is 0 Å². The first-order valence-corrected chi connectivity index (χ1v) is 3.28. The van der Waals surface area contributed by atoms with Crippen LogP contribution in [-0.4, -0.2) is 29.0 Å². The third-order valence-electron chi connectivity index (χ3n) is 1.32. The number of Topliss-reactive ketones (excluding diaryl/α,β-unsaturated/α-hetero) is 1. The van der Waals surface area contributed by atoms with Gasteiger partial charge in [-0.3, -0.25) is 19.3 Å². The van der Waals surface area contributed by atoms with E-state index in [0.717, 1.165) is 23.6 Å². The van der Waals surface area contributed by atoms with Crippen LogP contribution in [0.1, 0.15) is 0 Å². The van der Waals surface area contributed by atoms with Crippen molar-refractivity contribution < 1.29 is 14.4 Å². The van der Waals surface area contributed by atoms with Gasteiger partial charge in [-0.2, -0.15) is 0 Å². The predicted octanol–water partition coefficient (Wildman–Crippen LogP) is -1.40. The van der Waals surface area contributed by atoms with Crippen LogP contribution in [0.5, 0.6) is 0 Å². The summed E-state index contributed by atoms with van der Waals surface area (Å²) in [6.07, 6.45) is 2.20. The first-order chi connectivity index (χ1) is 5.65. The Morgan fingerprint density at radius 3 is 2.33 bits per heavy atom. The third-order valence-corrected chi connectivity index (χ3v) is 1.32. The number of ketones is 1. The number of amides is 2. The molecule has 12 heavy (non-hydrogen) atoms. The fraction of sp³-hybridized carbons (Fsp3) is 0.143. The minimum absolute atomic E-state index is 0.211. The van der Waals surface area contributed by atoms with Gasteiger partial charge in [0.25, 0.3) is 11.8 Å². The minimum Gasteiger partial charge on any atom is -0.324 e. The monoisotopic (exact) mass is 167 g/mol. The highest BCUT2D eigenvalue weighted by Crippen LogP contribution is 2.05. The maximum Gasteiger partial charge on any atom is 0.254 e. The molecule has 0 bridgehead atoms. The van der Waals surface area contributed by atoms with Crippen LogP contribution in [-0.2, 0) is 14.4 Å². The zero-order valence-corrected chi connectivity index (χ0v) is 6.19. The first kappa shape index (κ1) is 8.61. The zero-order valence-electron chi connectivity index (χ0n) is 6.19. The number of rotatable bonds is 3. The fourth-order valence-electron chi connectivity index (χ4n) is 0.736. The Morgan fingerprint density at radius 1 is 1.42 bits per heavy atom. The quantitative estimate of drug-likeness (QED) is 0.524. The molecule has 2 N–H and O–H groups in total. The Hall–Kier alpha value is -1.49. The van der Waals surface area contributed by atoms with Crippen molar-refractivity contribution in [3.63, 3.8) is 0 Å². The number of nitrogens with two attached hydrogens (primary N) is 1. The Morgan fingerprint density at radius 2 is 1.92 bits per heavy atom. The molecule has 0 fully saturated rings. The molecule has 0 saturated carbocycles.